The van der Waals surface area contributed by atoms with E-state index in [9.17, 15) is 4.79 Å². The summed E-state index contributed by atoms with van der Waals surface area (Å²) >= 11 is 0. The standard InChI is InChI=1S/C18H16N4O/c1-22-17-16(10-20-22)21-15-6-5-12(9-14(15)18(17)23)7-11-3-2-4-13(19)8-11/h2-6,8-10H,7,19H2,1H3,(H,21,23). The highest BCUT2D eigenvalue weighted by Gasteiger charge is 2.10. The number of nitrogen functional groups attached to an aromatic ring is 1. The van der Waals surface area contributed by atoms with Gasteiger partial charge in [-0.15, -0.1) is 0 Å². The number of nitrogens with two attached hydrogens (primary N) is 1. The molecule has 3 N–H and O–H groups in total. The molecule has 0 radical (unpaired) electrons. The fourth-order valence-electron chi connectivity index (χ4n) is 3.01. The van der Waals surface area contributed by atoms with Gasteiger partial charge in [0.2, 0.25) is 5.43 Å². The summed E-state index contributed by atoms with van der Waals surface area (Å²) in [5.41, 5.74) is 11.0. The van der Waals surface area contributed by atoms with Crippen molar-refractivity contribution in [3.8, 4) is 0 Å². The van der Waals surface area contributed by atoms with Crippen LogP contribution in [0.1, 0.15) is 11.1 Å². The summed E-state index contributed by atoms with van der Waals surface area (Å²) in [5, 5.41) is 4.83. The molecule has 0 fully saturated rings. The highest BCUT2D eigenvalue weighted by molar-refractivity contribution is 5.90. The maximum Gasteiger partial charge on any atom is 0.215 e. The molecule has 0 atom stereocenters. The zero-order chi connectivity index (χ0) is 16.0. The summed E-state index contributed by atoms with van der Waals surface area (Å²) in [6.45, 7) is 0. The quantitative estimate of drug-likeness (QED) is 0.559. The van der Waals surface area contributed by atoms with Crippen molar-refractivity contribution in [3.05, 3.63) is 70.0 Å². The van der Waals surface area contributed by atoms with Gasteiger partial charge in [0.1, 0.15) is 5.52 Å². The minimum atomic E-state index is 0.00294. The molecular formula is C18H16N4O. The molecule has 0 aliphatic carbocycles. The van der Waals surface area contributed by atoms with E-state index in [4.69, 9.17) is 5.73 Å². The second-order valence-corrected chi connectivity index (χ2v) is 5.79. The molecule has 0 amide bonds. The van der Waals surface area contributed by atoms with E-state index in [2.05, 4.69) is 10.1 Å². The highest BCUT2D eigenvalue weighted by Crippen LogP contribution is 2.18. The van der Waals surface area contributed by atoms with E-state index in [-0.39, 0.29) is 5.43 Å². The fourth-order valence-corrected chi connectivity index (χ4v) is 3.01. The smallest absolute Gasteiger partial charge is 0.215 e. The lowest BCUT2D eigenvalue weighted by molar-refractivity contribution is 0.795. The molecule has 4 rings (SSSR count). The van der Waals surface area contributed by atoms with E-state index >= 15 is 0 Å². The van der Waals surface area contributed by atoms with E-state index in [0.717, 1.165) is 34.3 Å². The maximum absolute atomic E-state index is 12.7. The molecule has 23 heavy (non-hydrogen) atoms. The molecule has 0 aliphatic rings. The summed E-state index contributed by atoms with van der Waals surface area (Å²) < 4.78 is 1.61. The molecule has 2 heterocycles. The number of pyridine rings is 1. The number of aromatic amines is 1. The van der Waals surface area contributed by atoms with Crippen LogP contribution in [0.15, 0.2) is 53.5 Å². The predicted molar refractivity (Wildman–Crippen MR) is 92.5 cm³/mol. The number of fused-ring (bicyclic) bond motifs is 2. The molecule has 5 nitrogen and oxygen atoms in total. The summed E-state index contributed by atoms with van der Waals surface area (Å²) in [5.74, 6) is 0. The summed E-state index contributed by atoms with van der Waals surface area (Å²) in [7, 11) is 1.78. The predicted octanol–water partition coefficient (Wildman–Crippen LogP) is 2.59. The minimum Gasteiger partial charge on any atom is -0.399 e. The topological polar surface area (TPSA) is 76.7 Å². The fraction of sp³-hybridized carbons (Fsp3) is 0.111. The normalized spacial score (nSPS) is 11.3. The lowest BCUT2D eigenvalue weighted by Crippen LogP contribution is -2.08. The number of H-pyrrole nitrogens is 1. The highest BCUT2D eigenvalue weighted by atomic mass is 16.1. The van der Waals surface area contributed by atoms with E-state index in [0.29, 0.717) is 10.9 Å². The first kappa shape index (κ1) is 13.6. The van der Waals surface area contributed by atoms with Crippen LogP contribution in [0.25, 0.3) is 21.9 Å². The SMILES string of the molecule is Cn1ncc2[nH]c3ccc(Cc4cccc(N)c4)cc3c(=O)c21. The number of nitrogens with zero attached hydrogens (tertiary/aromatic N) is 2. The van der Waals surface area contributed by atoms with Gasteiger partial charge in [0.25, 0.3) is 0 Å². The molecule has 114 valence electrons. The van der Waals surface area contributed by atoms with Gasteiger partial charge >= 0.3 is 0 Å². The zero-order valence-electron chi connectivity index (χ0n) is 12.7. The van der Waals surface area contributed by atoms with Gasteiger partial charge in [0.15, 0.2) is 0 Å². The van der Waals surface area contributed by atoms with E-state index < -0.39 is 0 Å². The second kappa shape index (κ2) is 4.98. The Labute approximate surface area is 132 Å². The monoisotopic (exact) mass is 304 g/mol. The molecule has 0 spiro atoms. The first-order valence-corrected chi connectivity index (χ1v) is 7.43. The van der Waals surface area contributed by atoms with E-state index in [1.165, 1.54) is 0 Å². The number of benzene rings is 2. The number of aryl methyl sites for hydroxylation is 1. The lowest BCUT2D eigenvalue weighted by atomic mass is 10.0. The average Bonchev–Trinajstić information content (AvgIpc) is 2.89. The number of rotatable bonds is 2. The third-order valence-corrected chi connectivity index (χ3v) is 4.11. The van der Waals surface area contributed by atoms with Crippen molar-refractivity contribution in [1.82, 2.24) is 14.8 Å². The first-order valence-electron chi connectivity index (χ1n) is 7.43. The number of aromatic nitrogens is 3. The molecule has 0 saturated heterocycles. The number of hydrogen-bond acceptors (Lipinski definition) is 3. The maximum atomic E-state index is 12.7. The summed E-state index contributed by atoms with van der Waals surface area (Å²) in [6.07, 6.45) is 2.42. The van der Waals surface area contributed by atoms with Gasteiger partial charge in [-0.05, 0) is 41.8 Å². The molecule has 0 aliphatic heterocycles. The Morgan fingerprint density at radius 2 is 1.96 bits per heavy atom. The van der Waals surface area contributed by atoms with Crippen molar-refractivity contribution in [2.75, 3.05) is 5.73 Å². The van der Waals surface area contributed by atoms with E-state index in [1.54, 1.807) is 17.9 Å². The van der Waals surface area contributed by atoms with Gasteiger partial charge in [0, 0.05) is 23.6 Å². The molecule has 0 bridgehead atoms. The number of anilines is 1. The Morgan fingerprint density at radius 3 is 2.78 bits per heavy atom. The molecule has 5 heteroatoms. The minimum absolute atomic E-state index is 0.00294. The molecule has 0 saturated carbocycles. The van der Waals surface area contributed by atoms with Crippen LogP contribution < -0.4 is 11.2 Å². The Hall–Kier alpha value is -3.08. The van der Waals surface area contributed by atoms with Crippen LogP contribution in [-0.4, -0.2) is 14.8 Å². The molecular weight excluding hydrogens is 288 g/mol. The van der Waals surface area contributed by atoms with Crippen molar-refractivity contribution in [1.29, 1.82) is 0 Å². The van der Waals surface area contributed by atoms with Gasteiger partial charge in [0.05, 0.1) is 11.7 Å². The van der Waals surface area contributed by atoms with Crippen LogP contribution in [-0.2, 0) is 13.5 Å². The molecule has 0 unspecified atom stereocenters. The van der Waals surface area contributed by atoms with Gasteiger partial charge in [-0.3, -0.25) is 9.48 Å². The zero-order valence-corrected chi connectivity index (χ0v) is 12.7. The Morgan fingerprint density at radius 1 is 1.13 bits per heavy atom. The number of hydrogen-bond donors (Lipinski definition) is 2. The Balaban J connectivity index is 1.86. The largest absolute Gasteiger partial charge is 0.399 e. The van der Waals surface area contributed by atoms with Crippen LogP contribution in [0.4, 0.5) is 5.69 Å². The third kappa shape index (κ3) is 2.26. The van der Waals surface area contributed by atoms with Crippen LogP contribution in [0, 0.1) is 0 Å². The lowest BCUT2D eigenvalue weighted by Gasteiger charge is -2.06. The number of nitrogens with one attached hydrogen (secondary N) is 1. The van der Waals surface area contributed by atoms with Crippen molar-refractivity contribution in [2.45, 2.75) is 6.42 Å². The first-order chi connectivity index (χ1) is 11.1. The van der Waals surface area contributed by atoms with Gasteiger partial charge in [-0.1, -0.05) is 18.2 Å². The van der Waals surface area contributed by atoms with Gasteiger partial charge in [-0.2, -0.15) is 5.10 Å². The van der Waals surface area contributed by atoms with Crippen LogP contribution in [0.3, 0.4) is 0 Å². The van der Waals surface area contributed by atoms with Crippen LogP contribution >= 0.6 is 0 Å². The third-order valence-electron chi connectivity index (χ3n) is 4.11. The van der Waals surface area contributed by atoms with Crippen molar-refractivity contribution in [3.63, 3.8) is 0 Å². The Kier molecular flexibility index (Phi) is 2.94. The average molecular weight is 304 g/mol. The van der Waals surface area contributed by atoms with Crippen molar-refractivity contribution in [2.24, 2.45) is 7.05 Å². The Bertz CT molecular complexity index is 1090. The molecule has 4 aromatic rings. The summed E-state index contributed by atoms with van der Waals surface area (Å²) in [6, 6.07) is 13.7. The van der Waals surface area contributed by atoms with E-state index in [1.807, 2.05) is 42.5 Å². The van der Waals surface area contributed by atoms with Gasteiger partial charge in [-0.25, -0.2) is 0 Å². The second-order valence-electron chi connectivity index (χ2n) is 5.79. The summed E-state index contributed by atoms with van der Waals surface area (Å²) in [4.78, 5) is 16.0. The molecule has 2 aromatic carbocycles. The molecule has 2 aromatic heterocycles. The van der Waals surface area contributed by atoms with Crippen LogP contribution in [0.2, 0.25) is 0 Å². The van der Waals surface area contributed by atoms with Crippen LogP contribution in [0.5, 0.6) is 0 Å². The van der Waals surface area contributed by atoms with Gasteiger partial charge < -0.3 is 10.7 Å². The van der Waals surface area contributed by atoms with Crippen molar-refractivity contribution >= 4 is 27.6 Å². The van der Waals surface area contributed by atoms with Crippen molar-refractivity contribution < 1.29 is 0 Å².